The van der Waals surface area contributed by atoms with E-state index in [0.717, 1.165) is 86.4 Å². The summed E-state index contributed by atoms with van der Waals surface area (Å²) in [6.07, 6.45) is 5.01. The van der Waals surface area contributed by atoms with E-state index in [1.165, 1.54) is 12.1 Å². The summed E-state index contributed by atoms with van der Waals surface area (Å²) in [6, 6.07) is 15.1. The first kappa shape index (κ1) is 21.4. The van der Waals surface area contributed by atoms with Gasteiger partial charge in [0.05, 0.1) is 6.54 Å². The third kappa shape index (κ3) is 3.88. The first-order valence-corrected chi connectivity index (χ1v) is 12.3. The van der Waals surface area contributed by atoms with E-state index in [1.54, 1.807) is 4.68 Å². The molecule has 0 spiro atoms. The van der Waals surface area contributed by atoms with Crippen LogP contribution >= 0.6 is 0 Å². The highest BCUT2D eigenvalue weighted by molar-refractivity contribution is 5.96. The number of nitrogens with zero attached hydrogens (tertiary/aromatic N) is 4. The number of fused-ring (bicyclic) bond motifs is 2. The quantitative estimate of drug-likeness (QED) is 0.429. The van der Waals surface area contributed by atoms with Crippen LogP contribution in [0.1, 0.15) is 43.2 Å². The van der Waals surface area contributed by atoms with Crippen LogP contribution in [-0.4, -0.2) is 38.9 Å². The maximum Gasteiger partial charge on any atom is 0.345 e. The summed E-state index contributed by atoms with van der Waals surface area (Å²) < 4.78 is 23.7. The van der Waals surface area contributed by atoms with Gasteiger partial charge < -0.3 is 9.32 Å². The summed E-state index contributed by atoms with van der Waals surface area (Å²) in [4.78, 5) is 15.0. The van der Waals surface area contributed by atoms with Gasteiger partial charge in [0, 0.05) is 42.4 Å². The van der Waals surface area contributed by atoms with Crippen LogP contribution in [0.4, 0.5) is 4.39 Å². The van der Waals surface area contributed by atoms with Gasteiger partial charge in [-0.25, -0.2) is 13.9 Å². The van der Waals surface area contributed by atoms with Crippen molar-refractivity contribution >= 4 is 11.0 Å². The Labute approximate surface area is 197 Å². The molecule has 0 aliphatic carbocycles. The monoisotopic (exact) mass is 460 g/mol. The van der Waals surface area contributed by atoms with Gasteiger partial charge in [-0.2, -0.15) is 5.10 Å². The summed E-state index contributed by atoms with van der Waals surface area (Å²) in [7, 11) is 0. The summed E-state index contributed by atoms with van der Waals surface area (Å²) in [6.45, 7) is 4.12. The van der Waals surface area contributed by atoms with E-state index in [9.17, 15) is 9.18 Å². The highest BCUT2D eigenvalue weighted by atomic mass is 19.1. The van der Waals surface area contributed by atoms with E-state index in [0.29, 0.717) is 12.1 Å². The van der Waals surface area contributed by atoms with E-state index in [1.807, 2.05) is 28.8 Å². The number of piperidine rings is 1. The molecule has 1 saturated heterocycles. The van der Waals surface area contributed by atoms with E-state index < -0.39 is 0 Å². The second kappa shape index (κ2) is 8.87. The Hall–Kier alpha value is -3.19. The van der Waals surface area contributed by atoms with Crippen LogP contribution in [0.5, 0.6) is 0 Å². The molecule has 2 aliphatic heterocycles. The van der Waals surface area contributed by atoms with Crippen LogP contribution in [0.15, 0.2) is 57.7 Å². The molecule has 0 N–H and O–H groups in total. The Kier molecular flexibility index (Phi) is 5.57. The molecule has 176 valence electrons. The molecule has 4 heterocycles. The fourth-order valence-electron chi connectivity index (χ4n) is 5.53. The molecule has 6 nitrogen and oxygen atoms in total. The van der Waals surface area contributed by atoms with Crippen LogP contribution in [0.3, 0.4) is 0 Å². The Morgan fingerprint density at radius 3 is 2.62 bits per heavy atom. The highest BCUT2D eigenvalue weighted by Gasteiger charge is 2.28. The molecule has 2 aromatic heterocycles. The number of likely N-dealkylation sites (tertiary alicyclic amines) is 1. The molecule has 6 rings (SSSR count). The molecule has 0 atom stereocenters. The Morgan fingerprint density at radius 1 is 1.00 bits per heavy atom. The van der Waals surface area contributed by atoms with Crippen molar-refractivity contribution in [2.24, 2.45) is 0 Å². The predicted molar refractivity (Wildman–Crippen MR) is 129 cm³/mol. The van der Waals surface area contributed by atoms with Crippen LogP contribution in [0, 0.1) is 5.82 Å². The molecule has 2 aromatic carbocycles. The second-order valence-corrected chi connectivity index (χ2v) is 9.49. The number of rotatable bonds is 5. The third-order valence-electron chi connectivity index (χ3n) is 7.36. The average Bonchev–Trinajstić information content (AvgIpc) is 3.41. The number of furan rings is 1. The molecule has 0 radical (unpaired) electrons. The number of hydrogen-bond donors (Lipinski definition) is 0. The van der Waals surface area contributed by atoms with Crippen molar-refractivity contribution in [3.63, 3.8) is 0 Å². The minimum atomic E-state index is -0.279. The Balaban J connectivity index is 1.18. The van der Waals surface area contributed by atoms with Gasteiger partial charge in [-0.1, -0.05) is 30.3 Å². The zero-order valence-electron chi connectivity index (χ0n) is 19.3. The fourth-order valence-corrected chi connectivity index (χ4v) is 5.53. The minimum Gasteiger partial charge on any atom is -0.460 e. The lowest BCUT2D eigenvalue weighted by molar-refractivity contribution is 0.194. The molecule has 0 amide bonds. The molecule has 4 aromatic rings. The highest BCUT2D eigenvalue weighted by Crippen LogP contribution is 2.42. The molecule has 0 bridgehead atoms. The summed E-state index contributed by atoms with van der Waals surface area (Å²) in [5, 5.41) is 5.53. The predicted octanol–water partition coefficient (Wildman–Crippen LogP) is 4.81. The van der Waals surface area contributed by atoms with Crippen molar-refractivity contribution in [1.82, 2.24) is 19.2 Å². The number of hydrogen-bond acceptors (Lipinski definition) is 4. The van der Waals surface area contributed by atoms with Gasteiger partial charge in [0.1, 0.15) is 23.0 Å². The normalized spacial score (nSPS) is 17.3. The SMILES string of the molecule is O=c1n(CCN2CCC(c3oc4cc(F)ccc4c3-c3ccccc3)CC2)nc2n1CCCC2. The molecular weight excluding hydrogens is 431 g/mol. The van der Waals surface area contributed by atoms with E-state index in [-0.39, 0.29) is 17.4 Å². The standard InChI is InChI=1S/C27H29FN4O2/c28-21-9-10-22-23(18-21)34-26(25(22)19-6-2-1-3-7-19)20-11-14-30(15-12-20)16-17-32-27(33)31-13-5-4-8-24(31)29-32/h1-3,6-7,9-10,18,20H,4-5,8,11-17H2. The van der Waals surface area contributed by atoms with E-state index in [4.69, 9.17) is 4.42 Å². The lowest BCUT2D eigenvalue weighted by Gasteiger charge is -2.31. The van der Waals surface area contributed by atoms with Crippen molar-refractivity contribution in [2.75, 3.05) is 19.6 Å². The van der Waals surface area contributed by atoms with Gasteiger partial charge in [-0.15, -0.1) is 0 Å². The smallest absolute Gasteiger partial charge is 0.345 e. The van der Waals surface area contributed by atoms with Gasteiger partial charge in [0.15, 0.2) is 0 Å². The van der Waals surface area contributed by atoms with E-state index in [2.05, 4.69) is 22.1 Å². The van der Waals surface area contributed by atoms with Gasteiger partial charge >= 0.3 is 5.69 Å². The molecule has 34 heavy (non-hydrogen) atoms. The number of aryl methyl sites for hydroxylation is 1. The Morgan fingerprint density at radius 2 is 1.82 bits per heavy atom. The van der Waals surface area contributed by atoms with E-state index >= 15 is 0 Å². The molecule has 0 unspecified atom stereocenters. The second-order valence-electron chi connectivity index (χ2n) is 9.49. The first-order chi connectivity index (χ1) is 16.7. The third-order valence-corrected chi connectivity index (χ3v) is 7.36. The van der Waals surface area contributed by atoms with Crippen molar-refractivity contribution in [1.29, 1.82) is 0 Å². The number of aromatic nitrogens is 3. The van der Waals surface area contributed by atoms with Crippen LogP contribution in [0.2, 0.25) is 0 Å². The zero-order valence-corrected chi connectivity index (χ0v) is 19.3. The lowest BCUT2D eigenvalue weighted by atomic mass is 9.89. The first-order valence-electron chi connectivity index (χ1n) is 12.3. The van der Waals surface area contributed by atoms with Crippen molar-refractivity contribution in [3.8, 4) is 11.1 Å². The fraction of sp³-hybridized carbons (Fsp3) is 0.407. The van der Waals surface area contributed by atoms with Gasteiger partial charge in [0.2, 0.25) is 0 Å². The molecule has 1 fully saturated rings. The Bertz CT molecular complexity index is 1360. The van der Waals surface area contributed by atoms with Gasteiger partial charge in [-0.05, 0) is 56.5 Å². The summed E-state index contributed by atoms with van der Waals surface area (Å²) in [5.41, 5.74) is 2.84. The minimum absolute atomic E-state index is 0.0339. The van der Waals surface area contributed by atoms with Crippen molar-refractivity contribution in [2.45, 2.75) is 51.1 Å². The molecule has 7 heteroatoms. The summed E-state index contributed by atoms with van der Waals surface area (Å²) >= 11 is 0. The largest absolute Gasteiger partial charge is 0.460 e. The van der Waals surface area contributed by atoms with Crippen molar-refractivity contribution in [3.05, 3.63) is 76.4 Å². The van der Waals surface area contributed by atoms with Gasteiger partial charge in [0.25, 0.3) is 0 Å². The number of halogens is 1. The van der Waals surface area contributed by atoms with Gasteiger partial charge in [-0.3, -0.25) is 4.57 Å². The molecule has 2 aliphatic rings. The number of benzene rings is 2. The topological polar surface area (TPSA) is 56.2 Å². The maximum absolute atomic E-state index is 13.9. The van der Waals surface area contributed by atoms with Crippen LogP contribution in [0.25, 0.3) is 22.1 Å². The zero-order chi connectivity index (χ0) is 23.1. The average molecular weight is 461 g/mol. The maximum atomic E-state index is 13.9. The van der Waals surface area contributed by atoms with Crippen molar-refractivity contribution < 1.29 is 8.81 Å². The molecular formula is C27H29FN4O2. The van der Waals surface area contributed by atoms with Crippen LogP contribution < -0.4 is 5.69 Å². The lowest BCUT2D eigenvalue weighted by Crippen LogP contribution is -2.37. The summed E-state index contributed by atoms with van der Waals surface area (Å²) in [5.74, 6) is 1.90. The molecule has 0 saturated carbocycles. The van der Waals surface area contributed by atoms with Crippen LogP contribution in [-0.2, 0) is 19.5 Å².